The Morgan fingerprint density at radius 3 is 2.58 bits per heavy atom. The highest BCUT2D eigenvalue weighted by atomic mass is 16.2. The molecule has 132 valence electrons. The molecule has 1 saturated carbocycles. The molecule has 0 aromatic heterocycles. The Morgan fingerprint density at radius 2 is 1.92 bits per heavy atom. The maximum Gasteiger partial charge on any atom is 0.228 e. The van der Waals surface area contributed by atoms with Crippen molar-refractivity contribution in [1.82, 2.24) is 10.2 Å². The molecule has 0 aliphatic heterocycles. The lowest BCUT2D eigenvalue weighted by molar-refractivity contribution is -0.125. The molecule has 0 saturated heterocycles. The molecule has 1 aliphatic rings. The van der Waals surface area contributed by atoms with Crippen LogP contribution in [0.1, 0.15) is 30.9 Å². The number of nitrogens with zero attached hydrogens (tertiary/aromatic N) is 1. The molecular weight excluding hydrogens is 302 g/mol. The number of para-hydroxylation sites is 1. The van der Waals surface area contributed by atoms with Crippen LogP contribution in [0.5, 0.6) is 0 Å². The van der Waals surface area contributed by atoms with Crippen LogP contribution in [0.15, 0.2) is 18.2 Å². The number of rotatable bonds is 8. The summed E-state index contributed by atoms with van der Waals surface area (Å²) in [6.45, 7) is 5.68. The van der Waals surface area contributed by atoms with Crippen molar-refractivity contribution in [1.29, 1.82) is 0 Å². The van der Waals surface area contributed by atoms with Crippen molar-refractivity contribution < 1.29 is 9.59 Å². The van der Waals surface area contributed by atoms with Crippen molar-refractivity contribution in [3.8, 4) is 0 Å². The van der Waals surface area contributed by atoms with E-state index < -0.39 is 0 Å². The molecule has 5 nitrogen and oxygen atoms in total. The molecule has 2 rings (SSSR count). The van der Waals surface area contributed by atoms with Crippen LogP contribution in [-0.2, 0) is 16.0 Å². The van der Waals surface area contributed by atoms with Gasteiger partial charge in [-0.25, -0.2) is 0 Å². The zero-order chi connectivity index (χ0) is 17.7. The summed E-state index contributed by atoms with van der Waals surface area (Å²) >= 11 is 0. The average Bonchev–Trinajstić information content (AvgIpc) is 3.33. The Kier molecular flexibility index (Phi) is 6.37. The van der Waals surface area contributed by atoms with Crippen molar-refractivity contribution in [2.45, 2.75) is 33.1 Å². The number of anilines is 1. The zero-order valence-corrected chi connectivity index (χ0v) is 15.2. The van der Waals surface area contributed by atoms with Gasteiger partial charge in [0.2, 0.25) is 11.8 Å². The molecule has 0 heterocycles. The molecule has 5 heteroatoms. The Balaban J connectivity index is 1.82. The Morgan fingerprint density at radius 1 is 1.21 bits per heavy atom. The van der Waals surface area contributed by atoms with Gasteiger partial charge in [0.05, 0.1) is 11.8 Å². The number of hydrogen-bond donors (Lipinski definition) is 2. The molecule has 2 amide bonds. The fraction of sp³-hybridized carbons (Fsp3) is 0.579. The van der Waals surface area contributed by atoms with Crippen LogP contribution in [0.4, 0.5) is 5.69 Å². The third-order valence-electron chi connectivity index (χ3n) is 4.53. The van der Waals surface area contributed by atoms with Gasteiger partial charge < -0.3 is 15.5 Å². The summed E-state index contributed by atoms with van der Waals surface area (Å²) in [5, 5.41) is 5.97. The molecule has 1 fully saturated rings. The van der Waals surface area contributed by atoms with Crippen LogP contribution in [0, 0.1) is 18.8 Å². The Hall–Kier alpha value is -1.88. The fourth-order valence-electron chi connectivity index (χ4n) is 2.93. The molecule has 0 spiro atoms. The van der Waals surface area contributed by atoms with Gasteiger partial charge in [-0.1, -0.05) is 25.1 Å². The highest BCUT2D eigenvalue weighted by Crippen LogP contribution is 2.40. The summed E-state index contributed by atoms with van der Waals surface area (Å²) in [5.41, 5.74) is 3.10. The smallest absolute Gasteiger partial charge is 0.228 e. The topological polar surface area (TPSA) is 61.4 Å². The van der Waals surface area contributed by atoms with Gasteiger partial charge in [-0.3, -0.25) is 9.59 Å². The van der Waals surface area contributed by atoms with Gasteiger partial charge in [-0.05, 0) is 58.0 Å². The summed E-state index contributed by atoms with van der Waals surface area (Å²) in [6, 6.07) is 6.03. The van der Waals surface area contributed by atoms with E-state index in [0.29, 0.717) is 13.0 Å². The summed E-state index contributed by atoms with van der Waals surface area (Å²) in [4.78, 5) is 26.6. The van der Waals surface area contributed by atoms with E-state index in [0.717, 1.165) is 36.2 Å². The van der Waals surface area contributed by atoms with Gasteiger partial charge in [0.25, 0.3) is 0 Å². The summed E-state index contributed by atoms with van der Waals surface area (Å²) in [6.07, 6.45) is 2.45. The number of benzene rings is 1. The molecule has 1 aliphatic carbocycles. The van der Waals surface area contributed by atoms with Crippen LogP contribution < -0.4 is 10.6 Å². The van der Waals surface area contributed by atoms with Gasteiger partial charge >= 0.3 is 0 Å². The minimum Gasteiger partial charge on any atom is -0.356 e. The second kappa shape index (κ2) is 8.29. The molecule has 1 aromatic carbocycles. The van der Waals surface area contributed by atoms with E-state index in [4.69, 9.17) is 0 Å². The standard InChI is InChI=1S/C19H29N3O2/c1-5-14-9-6-8-13(2)17(14)21-19(24)16-12-15(16)18(23)20-10-7-11-22(3)4/h6,8-9,15-16H,5,7,10-12H2,1-4H3,(H,20,23)(H,21,24). The molecule has 0 bridgehead atoms. The van der Waals surface area contributed by atoms with Crippen LogP contribution in [0.25, 0.3) is 0 Å². The molecule has 0 radical (unpaired) electrons. The molecule has 24 heavy (non-hydrogen) atoms. The van der Waals surface area contributed by atoms with Crippen molar-refractivity contribution in [2.24, 2.45) is 11.8 Å². The lowest BCUT2D eigenvalue weighted by Crippen LogP contribution is -2.30. The normalized spacial score (nSPS) is 19.2. The van der Waals surface area contributed by atoms with E-state index >= 15 is 0 Å². The van der Waals surface area contributed by atoms with E-state index in [-0.39, 0.29) is 23.7 Å². The monoisotopic (exact) mass is 331 g/mol. The fourth-order valence-corrected chi connectivity index (χ4v) is 2.93. The minimum absolute atomic E-state index is 0.00871. The predicted molar refractivity (Wildman–Crippen MR) is 97.0 cm³/mol. The van der Waals surface area contributed by atoms with Crippen molar-refractivity contribution >= 4 is 17.5 Å². The van der Waals surface area contributed by atoms with Gasteiger partial charge in [0, 0.05) is 12.2 Å². The first-order valence-corrected chi connectivity index (χ1v) is 8.75. The summed E-state index contributed by atoms with van der Waals surface area (Å²) in [5.74, 6) is -0.386. The lowest BCUT2D eigenvalue weighted by Gasteiger charge is -2.13. The predicted octanol–water partition coefficient (Wildman–Crippen LogP) is 2.20. The van der Waals surface area contributed by atoms with E-state index in [2.05, 4.69) is 22.5 Å². The van der Waals surface area contributed by atoms with Gasteiger partial charge in [-0.15, -0.1) is 0 Å². The van der Waals surface area contributed by atoms with Crippen LogP contribution in [0.2, 0.25) is 0 Å². The first-order valence-electron chi connectivity index (χ1n) is 8.75. The third kappa shape index (κ3) is 4.81. The van der Waals surface area contributed by atoms with Gasteiger partial charge in [0.1, 0.15) is 0 Å². The largest absolute Gasteiger partial charge is 0.356 e. The molecular formula is C19H29N3O2. The Bertz CT molecular complexity index is 598. The van der Waals surface area contributed by atoms with Crippen LogP contribution >= 0.6 is 0 Å². The van der Waals surface area contributed by atoms with E-state index in [1.807, 2.05) is 39.2 Å². The number of carbonyl (C=O) groups excluding carboxylic acids is 2. The van der Waals surface area contributed by atoms with E-state index in [1.54, 1.807) is 0 Å². The number of amides is 2. The molecule has 2 N–H and O–H groups in total. The Labute approximate surface area is 144 Å². The maximum absolute atomic E-state index is 12.4. The van der Waals surface area contributed by atoms with Gasteiger partial charge in [0.15, 0.2) is 0 Å². The highest BCUT2D eigenvalue weighted by molar-refractivity contribution is 6.00. The number of hydrogen-bond acceptors (Lipinski definition) is 3. The first-order chi connectivity index (χ1) is 11.4. The van der Waals surface area contributed by atoms with E-state index in [9.17, 15) is 9.59 Å². The van der Waals surface area contributed by atoms with Crippen molar-refractivity contribution in [3.05, 3.63) is 29.3 Å². The molecule has 1 aromatic rings. The zero-order valence-electron chi connectivity index (χ0n) is 15.2. The number of aryl methyl sites for hydroxylation is 2. The lowest BCUT2D eigenvalue weighted by atomic mass is 10.1. The second-order valence-electron chi connectivity index (χ2n) is 6.85. The van der Waals surface area contributed by atoms with E-state index in [1.165, 1.54) is 0 Å². The minimum atomic E-state index is -0.192. The maximum atomic E-state index is 12.4. The van der Waals surface area contributed by atoms with Gasteiger partial charge in [-0.2, -0.15) is 0 Å². The first kappa shape index (κ1) is 18.5. The third-order valence-corrected chi connectivity index (χ3v) is 4.53. The highest BCUT2D eigenvalue weighted by Gasteiger charge is 2.48. The van der Waals surface area contributed by atoms with Crippen molar-refractivity contribution in [2.75, 3.05) is 32.5 Å². The molecule has 2 atom stereocenters. The van der Waals surface area contributed by atoms with Crippen molar-refractivity contribution in [3.63, 3.8) is 0 Å². The second-order valence-corrected chi connectivity index (χ2v) is 6.85. The number of nitrogens with one attached hydrogen (secondary N) is 2. The summed E-state index contributed by atoms with van der Waals surface area (Å²) in [7, 11) is 4.03. The SMILES string of the molecule is CCc1cccc(C)c1NC(=O)C1CC1C(=O)NCCCN(C)C. The average molecular weight is 331 g/mol. The number of carbonyl (C=O) groups is 2. The van der Waals surface area contributed by atoms with Crippen LogP contribution in [0.3, 0.4) is 0 Å². The molecule has 2 unspecified atom stereocenters. The quantitative estimate of drug-likeness (QED) is 0.718. The van der Waals surface area contributed by atoms with Crippen LogP contribution in [-0.4, -0.2) is 43.9 Å². The summed E-state index contributed by atoms with van der Waals surface area (Å²) < 4.78 is 0.